The third kappa shape index (κ3) is 7.23. The van der Waals surface area contributed by atoms with Crippen LogP contribution in [0.2, 0.25) is 0 Å². The van der Waals surface area contributed by atoms with Gasteiger partial charge in [0.05, 0.1) is 17.9 Å². The van der Waals surface area contributed by atoms with Crippen LogP contribution < -0.4 is 5.73 Å². The standard InChI is InChI=1S/C28H36FN5O5/c1-28(2,3)39-27(36)34-12-9-17(10-13-34)37-18-14-19(15-18)38-24(8-11-30)25(29)21-16-22(32-33-26(21)31)20-6-4-5-7-23(20)35/h4-8,11,16-19,25,30,35H,9-10,12-15H2,1-3H3,(H2,31,33). The Morgan fingerprint density at radius 1 is 1.18 bits per heavy atom. The summed E-state index contributed by atoms with van der Waals surface area (Å²) >= 11 is 0. The first kappa shape index (κ1) is 28.3. The third-order valence-electron chi connectivity index (χ3n) is 6.64. The van der Waals surface area contributed by atoms with E-state index in [1.54, 1.807) is 23.1 Å². The van der Waals surface area contributed by atoms with Crippen LogP contribution in [-0.4, -0.2) is 69.5 Å². The number of ether oxygens (including phenoxy) is 3. The van der Waals surface area contributed by atoms with Gasteiger partial charge in [0.15, 0.2) is 12.0 Å². The number of halogens is 1. The van der Waals surface area contributed by atoms with E-state index in [0.717, 1.165) is 19.1 Å². The van der Waals surface area contributed by atoms with Gasteiger partial charge in [-0.05, 0) is 57.9 Å². The van der Waals surface area contributed by atoms with Crippen LogP contribution in [0.5, 0.6) is 5.75 Å². The molecule has 0 radical (unpaired) electrons. The maximum Gasteiger partial charge on any atom is 0.410 e. The zero-order chi connectivity index (χ0) is 28.2. The van der Waals surface area contributed by atoms with E-state index in [0.29, 0.717) is 31.5 Å². The number of hydrogen-bond acceptors (Lipinski definition) is 9. The molecule has 2 fully saturated rings. The summed E-state index contributed by atoms with van der Waals surface area (Å²) in [6, 6.07) is 7.97. The van der Waals surface area contributed by atoms with Crippen LogP contribution in [0.4, 0.5) is 15.0 Å². The van der Waals surface area contributed by atoms with Crippen molar-refractivity contribution in [3.63, 3.8) is 0 Å². The lowest BCUT2D eigenvalue weighted by Crippen LogP contribution is -2.46. The van der Waals surface area contributed by atoms with Crippen molar-refractivity contribution in [1.82, 2.24) is 15.1 Å². The lowest BCUT2D eigenvalue weighted by Gasteiger charge is -2.40. The number of carbonyl (C=O) groups excluding carboxylic acids is 1. The largest absolute Gasteiger partial charge is 0.507 e. The quantitative estimate of drug-likeness (QED) is 0.315. The summed E-state index contributed by atoms with van der Waals surface area (Å²) in [5.41, 5.74) is 6.11. The van der Waals surface area contributed by atoms with Crippen LogP contribution >= 0.6 is 0 Å². The van der Waals surface area contributed by atoms with Crippen LogP contribution in [0.1, 0.15) is 58.2 Å². The highest BCUT2D eigenvalue weighted by molar-refractivity contribution is 5.70. The monoisotopic (exact) mass is 541 g/mol. The molecule has 1 saturated carbocycles. The SMILES string of the molecule is CC(C)(C)OC(=O)N1CCC(OC2CC(OC(=CC=N)C(F)c3cc(-c4ccccc4O)nnc3N)C2)CC1. The number of para-hydroxylation sites is 1. The number of rotatable bonds is 8. The minimum absolute atomic E-state index is 0.0135. The zero-order valence-corrected chi connectivity index (χ0v) is 22.5. The van der Waals surface area contributed by atoms with Gasteiger partial charge in [0.25, 0.3) is 0 Å². The molecule has 2 aliphatic rings. The summed E-state index contributed by atoms with van der Waals surface area (Å²) in [5.74, 6) is -0.170. The molecule has 1 aliphatic carbocycles. The fourth-order valence-electron chi connectivity index (χ4n) is 4.55. The minimum atomic E-state index is -1.77. The fourth-order valence-corrected chi connectivity index (χ4v) is 4.55. The first-order valence-corrected chi connectivity index (χ1v) is 13.1. The number of aromatic hydroxyl groups is 1. The number of anilines is 1. The maximum atomic E-state index is 15.7. The molecule has 1 saturated heterocycles. The van der Waals surface area contributed by atoms with Gasteiger partial charge in [-0.3, -0.25) is 0 Å². The van der Waals surface area contributed by atoms with Crippen LogP contribution in [0.25, 0.3) is 11.3 Å². The van der Waals surface area contributed by atoms with E-state index in [1.807, 2.05) is 20.8 Å². The molecule has 1 atom stereocenters. The first-order chi connectivity index (χ1) is 18.5. The number of nitrogens with zero attached hydrogens (tertiary/aromatic N) is 3. The molecule has 1 aromatic heterocycles. The van der Waals surface area contributed by atoms with Gasteiger partial charge in [-0.2, -0.15) is 0 Å². The fraction of sp³-hybridized carbons (Fsp3) is 0.500. The van der Waals surface area contributed by atoms with Crippen LogP contribution in [0, 0.1) is 5.41 Å². The van der Waals surface area contributed by atoms with Crippen molar-refractivity contribution in [3.8, 4) is 17.0 Å². The van der Waals surface area contributed by atoms with Gasteiger partial charge in [0, 0.05) is 43.3 Å². The second kappa shape index (κ2) is 12.0. The number of carbonyl (C=O) groups is 1. The number of likely N-dealkylation sites (tertiary alicyclic amines) is 1. The first-order valence-electron chi connectivity index (χ1n) is 13.1. The summed E-state index contributed by atoms with van der Waals surface area (Å²) in [6.45, 7) is 6.69. The second-order valence-electron chi connectivity index (χ2n) is 10.8. The summed E-state index contributed by atoms with van der Waals surface area (Å²) in [4.78, 5) is 14.0. The number of amides is 1. The molecule has 2 aromatic rings. The molecule has 10 nitrogen and oxygen atoms in total. The minimum Gasteiger partial charge on any atom is -0.507 e. The van der Waals surface area contributed by atoms with Gasteiger partial charge in [0.1, 0.15) is 23.2 Å². The molecule has 0 spiro atoms. The molecule has 4 rings (SSSR count). The van der Waals surface area contributed by atoms with Crippen molar-refractivity contribution in [2.45, 2.75) is 76.5 Å². The number of piperidine rings is 1. The van der Waals surface area contributed by atoms with Crippen molar-refractivity contribution < 1.29 is 28.5 Å². The Hall–Kier alpha value is -3.73. The van der Waals surface area contributed by atoms with E-state index in [2.05, 4.69) is 10.2 Å². The Kier molecular flexibility index (Phi) is 8.69. The Morgan fingerprint density at radius 2 is 1.87 bits per heavy atom. The molecule has 11 heteroatoms. The smallest absolute Gasteiger partial charge is 0.410 e. The number of hydrogen-bond donors (Lipinski definition) is 3. The second-order valence-corrected chi connectivity index (χ2v) is 10.8. The average molecular weight is 542 g/mol. The Labute approximate surface area is 227 Å². The topological polar surface area (TPSA) is 144 Å². The number of nitrogens with two attached hydrogens (primary N) is 1. The number of phenolic OH excluding ortho intramolecular Hbond substituents is 1. The molecular weight excluding hydrogens is 505 g/mol. The van der Waals surface area contributed by atoms with Crippen LogP contribution in [-0.2, 0) is 14.2 Å². The molecule has 4 N–H and O–H groups in total. The number of allylic oxidation sites excluding steroid dienone is 2. The number of alkyl halides is 1. The van der Waals surface area contributed by atoms with E-state index in [9.17, 15) is 9.90 Å². The van der Waals surface area contributed by atoms with Gasteiger partial charge in [-0.15, -0.1) is 10.2 Å². The van der Waals surface area contributed by atoms with Crippen molar-refractivity contribution in [2.75, 3.05) is 18.8 Å². The number of nitrogens with one attached hydrogen (secondary N) is 1. The van der Waals surface area contributed by atoms with E-state index in [1.165, 1.54) is 18.2 Å². The summed E-state index contributed by atoms with van der Waals surface area (Å²) in [6.07, 6.45) is 2.50. The highest BCUT2D eigenvalue weighted by Crippen LogP contribution is 2.38. The summed E-state index contributed by atoms with van der Waals surface area (Å²) < 4.78 is 33.2. The van der Waals surface area contributed by atoms with Crippen molar-refractivity contribution in [1.29, 1.82) is 5.41 Å². The third-order valence-corrected chi connectivity index (χ3v) is 6.64. The van der Waals surface area contributed by atoms with E-state index < -0.39 is 11.8 Å². The van der Waals surface area contributed by atoms with Gasteiger partial charge in [-0.1, -0.05) is 12.1 Å². The van der Waals surface area contributed by atoms with Gasteiger partial charge >= 0.3 is 6.09 Å². The van der Waals surface area contributed by atoms with Crippen LogP contribution in [0.15, 0.2) is 42.2 Å². The van der Waals surface area contributed by atoms with E-state index >= 15 is 4.39 Å². The molecule has 2 heterocycles. The summed E-state index contributed by atoms with van der Waals surface area (Å²) in [5, 5.41) is 25.5. The molecule has 0 bridgehead atoms. The number of phenols is 1. The average Bonchev–Trinajstić information content (AvgIpc) is 2.86. The lowest BCUT2D eigenvalue weighted by atomic mass is 9.91. The van der Waals surface area contributed by atoms with Crippen LogP contribution in [0.3, 0.4) is 0 Å². The lowest BCUT2D eigenvalue weighted by molar-refractivity contribution is -0.125. The van der Waals surface area contributed by atoms with Gasteiger partial charge in [-0.25, -0.2) is 9.18 Å². The van der Waals surface area contributed by atoms with Crippen molar-refractivity contribution in [3.05, 3.63) is 47.7 Å². The van der Waals surface area contributed by atoms with Gasteiger partial charge < -0.3 is 35.4 Å². The van der Waals surface area contributed by atoms with Crippen molar-refractivity contribution in [2.24, 2.45) is 0 Å². The molecule has 1 amide bonds. The predicted molar refractivity (Wildman–Crippen MR) is 144 cm³/mol. The normalized spacial score (nSPS) is 21.1. The number of benzene rings is 1. The highest BCUT2D eigenvalue weighted by atomic mass is 19.1. The number of nitrogen functional groups attached to an aromatic ring is 1. The molecule has 1 aromatic carbocycles. The highest BCUT2D eigenvalue weighted by Gasteiger charge is 2.37. The molecule has 1 unspecified atom stereocenters. The maximum absolute atomic E-state index is 15.7. The Bertz CT molecular complexity index is 1200. The number of aromatic nitrogens is 2. The summed E-state index contributed by atoms with van der Waals surface area (Å²) in [7, 11) is 0. The van der Waals surface area contributed by atoms with E-state index in [4.69, 9.17) is 25.4 Å². The molecular formula is C28H36FN5O5. The predicted octanol–water partition coefficient (Wildman–Crippen LogP) is 4.94. The molecule has 210 valence electrons. The van der Waals surface area contributed by atoms with E-state index in [-0.39, 0.29) is 53.0 Å². The Morgan fingerprint density at radius 3 is 2.51 bits per heavy atom. The molecule has 39 heavy (non-hydrogen) atoms. The van der Waals surface area contributed by atoms with Gasteiger partial charge in [0.2, 0.25) is 0 Å². The Balaban J connectivity index is 1.30. The molecule has 1 aliphatic heterocycles. The zero-order valence-electron chi connectivity index (χ0n) is 22.5. The van der Waals surface area contributed by atoms with Crippen molar-refractivity contribution >= 4 is 18.1 Å².